The standard InChI is InChI=1S/C20H30ClNO/c1-2-7-20(21)12-11-19-9-4-3-8-18(19)10-5-6-13-22-14-16-23-17-15-22/h3-6,8-9,20H,2,7,10-17H2,1H3. The van der Waals surface area contributed by atoms with Gasteiger partial charge in [-0.1, -0.05) is 49.8 Å². The third-order valence-corrected chi connectivity index (χ3v) is 4.86. The number of hydrogen-bond acceptors (Lipinski definition) is 2. The average Bonchev–Trinajstić information content (AvgIpc) is 2.59. The van der Waals surface area contributed by atoms with Crippen molar-refractivity contribution in [2.45, 2.75) is 44.4 Å². The summed E-state index contributed by atoms with van der Waals surface area (Å²) >= 11 is 6.37. The maximum atomic E-state index is 6.37. The first-order chi connectivity index (χ1) is 11.3. The zero-order valence-corrected chi connectivity index (χ0v) is 15.1. The fraction of sp³-hybridized carbons (Fsp3) is 0.600. The van der Waals surface area contributed by atoms with Crippen LogP contribution in [-0.4, -0.2) is 43.1 Å². The summed E-state index contributed by atoms with van der Waals surface area (Å²) in [4.78, 5) is 2.44. The minimum absolute atomic E-state index is 0.310. The molecule has 128 valence electrons. The number of benzene rings is 1. The van der Waals surface area contributed by atoms with Crippen LogP contribution in [0.25, 0.3) is 0 Å². The molecular formula is C20H30ClNO. The Labute approximate surface area is 146 Å². The van der Waals surface area contributed by atoms with E-state index in [0.717, 1.165) is 58.5 Å². The predicted octanol–water partition coefficient (Wildman–Crippen LogP) is 4.46. The van der Waals surface area contributed by atoms with Crippen molar-refractivity contribution in [1.29, 1.82) is 0 Å². The van der Waals surface area contributed by atoms with Crippen LogP contribution in [0.4, 0.5) is 0 Å². The summed E-state index contributed by atoms with van der Waals surface area (Å²) in [6.07, 6.45) is 10.1. The summed E-state index contributed by atoms with van der Waals surface area (Å²) in [5.41, 5.74) is 2.89. The number of halogens is 1. The SMILES string of the molecule is CCCC(Cl)CCc1ccccc1CC=CCN1CCOCC1. The van der Waals surface area contributed by atoms with Crippen molar-refractivity contribution >= 4 is 11.6 Å². The highest BCUT2D eigenvalue weighted by Gasteiger charge is 2.08. The van der Waals surface area contributed by atoms with Gasteiger partial charge in [0.1, 0.15) is 0 Å². The molecule has 0 amide bonds. The zero-order chi connectivity index (χ0) is 16.3. The molecule has 1 aliphatic rings. The first-order valence-corrected chi connectivity index (χ1v) is 9.39. The number of allylic oxidation sites excluding steroid dienone is 1. The van der Waals surface area contributed by atoms with E-state index in [1.807, 2.05) is 0 Å². The van der Waals surface area contributed by atoms with E-state index in [-0.39, 0.29) is 0 Å². The highest BCUT2D eigenvalue weighted by atomic mass is 35.5. The van der Waals surface area contributed by atoms with E-state index < -0.39 is 0 Å². The van der Waals surface area contributed by atoms with Crippen LogP contribution in [0, 0.1) is 0 Å². The number of alkyl halides is 1. The number of morpholine rings is 1. The smallest absolute Gasteiger partial charge is 0.0594 e. The highest BCUT2D eigenvalue weighted by molar-refractivity contribution is 6.20. The number of hydrogen-bond donors (Lipinski definition) is 0. The van der Waals surface area contributed by atoms with Crippen molar-refractivity contribution in [2.75, 3.05) is 32.8 Å². The van der Waals surface area contributed by atoms with Crippen LogP contribution in [0.2, 0.25) is 0 Å². The van der Waals surface area contributed by atoms with E-state index >= 15 is 0 Å². The molecule has 1 atom stereocenters. The Morgan fingerprint density at radius 2 is 1.87 bits per heavy atom. The molecule has 23 heavy (non-hydrogen) atoms. The molecule has 1 unspecified atom stereocenters. The van der Waals surface area contributed by atoms with E-state index in [0.29, 0.717) is 5.38 Å². The quantitative estimate of drug-likeness (QED) is 0.488. The second-order valence-corrected chi connectivity index (χ2v) is 6.90. The van der Waals surface area contributed by atoms with Gasteiger partial charge >= 0.3 is 0 Å². The Kier molecular flexibility index (Phi) is 8.73. The largest absolute Gasteiger partial charge is 0.379 e. The second kappa shape index (κ2) is 10.9. The molecule has 0 saturated carbocycles. The Balaban J connectivity index is 1.79. The fourth-order valence-electron chi connectivity index (χ4n) is 2.99. The summed E-state index contributed by atoms with van der Waals surface area (Å²) < 4.78 is 5.38. The van der Waals surface area contributed by atoms with Gasteiger partial charge in [-0.15, -0.1) is 11.6 Å². The molecule has 1 aromatic rings. The van der Waals surface area contributed by atoms with Crippen molar-refractivity contribution in [3.8, 4) is 0 Å². The normalized spacial score (nSPS) is 17.7. The van der Waals surface area contributed by atoms with E-state index in [4.69, 9.17) is 16.3 Å². The van der Waals surface area contributed by atoms with Crippen molar-refractivity contribution < 1.29 is 4.74 Å². The molecule has 3 heteroatoms. The van der Waals surface area contributed by atoms with Crippen molar-refractivity contribution in [3.63, 3.8) is 0 Å². The molecular weight excluding hydrogens is 306 g/mol. The second-order valence-electron chi connectivity index (χ2n) is 6.28. The lowest BCUT2D eigenvalue weighted by atomic mass is 9.98. The fourth-order valence-corrected chi connectivity index (χ4v) is 3.32. The average molecular weight is 336 g/mol. The van der Waals surface area contributed by atoms with Gasteiger partial charge in [-0.25, -0.2) is 0 Å². The van der Waals surface area contributed by atoms with Crippen LogP contribution in [0.3, 0.4) is 0 Å². The van der Waals surface area contributed by atoms with Crippen molar-refractivity contribution in [2.24, 2.45) is 0 Å². The van der Waals surface area contributed by atoms with Crippen LogP contribution in [0.1, 0.15) is 37.3 Å². The van der Waals surface area contributed by atoms with E-state index in [9.17, 15) is 0 Å². The van der Waals surface area contributed by atoms with Gasteiger partial charge in [0.15, 0.2) is 0 Å². The first-order valence-electron chi connectivity index (χ1n) is 8.95. The topological polar surface area (TPSA) is 12.5 Å². The third-order valence-electron chi connectivity index (χ3n) is 4.42. The molecule has 0 radical (unpaired) electrons. The maximum absolute atomic E-state index is 6.37. The Morgan fingerprint density at radius 1 is 1.13 bits per heavy atom. The van der Waals surface area contributed by atoms with Crippen LogP contribution in [-0.2, 0) is 17.6 Å². The summed E-state index contributed by atoms with van der Waals surface area (Å²) in [6, 6.07) is 8.77. The molecule has 1 aromatic carbocycles. The highest BCUT2D eigenvalue weighted by Crippen LogP contribution is 2.17. The maximum Gasteiger partial charge on any atom is 0.0594 e. The molecule has 0 spiro atoms. The molecule has 2 rings (SSSR count). The molecule has 2 nitrogen and oxygen atoms in total. The number of rotatable bonds is 9. The Bertz CT molecular complexity index is 468. The van der Waals surface area contributed by atoms with Crippen LogP contribution < -0.4 is 0 Å². The van der Waals surface area contributed by atoms with Gasteiger partial charge in [-0.2, -0.15) is 0 Å². The van der Waals surface area contributed by atoms with Crippen LogP contribution in [0.5, 0.6) is 0 Å². The number of ether oxygens (including phenoxy) is 1. The van der Waals surface area contributed by atoms with Crippen molar-refractivity contribution in [1.82, 2.24) is 4.90 Å². The summed E-state index contributed by atoms with van der Waals surface area (Å²) in [7, 11) is 0. The van der Waals surface area contributed by atoms with Gasteiger partial charge in [-0.3, -0.25) is 4.90 Å². The molecule has 1 fully saturated rings. The molecule has 0 bridgehead atoms. The predicted molar refractivity (Wildman–Crippen MR) is 99.4 cm³/mol. The zero-order valence-electron chi connectivity index (χ0n) is 14.3. The molecule has 1 heterocycles. The molecule has 0 aromatic heterocycles. The van der Waals surface area contributed by atoms with Crippen LogP contribution >= 0.6 is 11.6 Å². The molecule has 1 saturated heterocycles. The lowest BCUT2D eigenvalue weighted by Crippen LogP contribution is -2.36. The lowest BCUT2D eigenvalue weighted by molar-refractivity contribution is 0.0434. The third kappa shape index (κ3) is 7.07. The first kappa shape index (κ1) is 18.5. The monoisotopic (exact) mass is 335 g/mol. The van der Waals surface area contributed by atoms with E-state index in [2.05, 4.69) is 48.2 Å². The van der Waals surface area contributed by atoms with Gasteiger partial charge in [0, 0.05) is 25.0 Å². The lowest BCUT2D eigenvalue weighted by Gasteiger charge is -2.25. The number of aryl methyl sites for hydroxylation is 1. The van der Waals surface area contributed by atoms with Gasteiger partial charge in [0.05, 0.1) is 13.2 Å². The van der Waals surface area contributed by atoms with Gasteiger partial charge < -0.3 is 4.74 Å². The Hall–Kier alpha value is -0.830. The summed E-state index contributed by atoms with van der Waals surface area (Å²) in [5.74, 6) is 0. The van der Waals surface area contributed by atoms with Crippen molar-refractivity contribution in [3.05, 3.63) is 47.5 Å². The number of nitrogens with zero attached hydrogens (tertiary/aromatic N) is 1. The molecule has 0 aliphatic carbocycles. The van der Waals surface area contributed by atoms with Gasteiger partial charge in [-0.05, 0) is 36.8 Å². The minimum atomic E-state index is 0.310. The van der Waals surface area contributed by atoms with E-state index in [1.165, 1.54) is 17.5 Å². The summed E-state index contributed by atoms with van der Waals surface area (Å²) in [5, 5.41) is 0.310. The molecule has 1 aliphatic heterocycles. The van der Waals surface area contributed by atoms with Crippen LogP contribution in [0.15, 0.2) is 36.4 Å². The van der Waals surface area contributed by atoms with Gasteiger partial charge in [0.25, 0.3) is 0 Å². The Morgan fingerprint density at radius 3 is 2.61 bits per heavy atom. The summed E-state index contributed by atoms with van der Waals surface area (Å²) in [6.45, 7) is 7.07. The van der Waals surface area contributed by atoms with Gasteiger partial charge in [0.2, 0.25) is 0 Å². The molecule has 0 N–H and O–H groups in total. The minimum Gasteiger partial charge on any atom is -0.379 e. The van der Waals surface area contributed by atoms with E-state index in [1.54, 1.807) is 0 Å².